The van der Waals surface area contributed by atoms with Crippen molar-refractivity contribution in [2.75, 3.05) is 31.5 Å². The Kier molecular flexibility index (Phi) is 7.14. The highest BCUT2D eigenvalue weighted by Crippen LogP contribution is 2.32. The van der Waals surface area contributed by atoms with Gasteiger partial charge in [-0.25, -0.2) is 19.2 Å². The molecule has 216 valence electrons. The number of ether oxygens (including phenoxy) is 1. The van der Waals surface area contributed by atoms with Gasteiger partial charge in [0, 0.05) is 68.4 Å². The van der Waals surface area contributed by atoms with Crippen molar-refractivity contribution in [3.05, 3.63) is 54.2 Å². The normalized spacial score (nSPS) is 17.1. The SMILES string of the molecule is CC(c1ccnc(Nc2nc3cc(-c4cnn(CC5CC5)c4)c(F)cc3[nH]2)c1)N1CCN(C(=O)OC(C)(C)C)CC1. The van der Waals surface area contributed by atoms with Gasteiger partial charge in [0.15, 0.2) is 0 Å². The molecule has 4 aromatic rings. The van der Waals surface area contributed by atoms with Gasteiger partial charge in [0.2, 0.25) is 5.95 Å². The number of halogens is 1. The molecule has 2 fully saturated rings. The largest absolute Gasteiger partial charge is 0.444 e. The van der Waals surface area contributed by atoms with Crippen LogP contribution in [0.4, 0.5) is 21.0 Å². The van der Waals surface area contributed by atoms with Gasteiger partial charge in [0.25, 0.3) is 0 Å². The van der Waals surface area contributed by atoms with E-state index in [9.17, 15) is 4.79 Å². The predicted octanol–water partition coefficient (Wildman–Crippen LogP) is 5.73. The molecule has 2 aliphatic rings. The number of carbonyl (C=O) groups excluding carboxylic acids is 1. The Hall–Kier alpha value is -3.99. The second-order valence-electron chi connectivity index (χ2n) is 12.1. The number of hydrogen-bond donors (Lipinski definition) is 2. The van der Waals surface area contributed by atoms with Crippen molar-refractivity contribution < 1.29 is 13.9 Å². The zero-order chi connectivity index (χ0) is 28.7. The molecule has 0 bridgehead atoms. The number of amides is 1. The molecule has 1 aliphatic heterocycles. The molecule has 6 rings (SSSR count). The molecule has 1 saturated heterocycles. The highest BCUT2D eigenvalue weighted by atomic mass is 19.1. The van der Waals surface area contributed by atoms with Crippen LogP contribution in [0, 0.1) is 11.7 Å². The van der Waals surface area contributed by atoms with Gasteiger partial charge in [0.1, 0.15) is 17.2 Å². The monoisotopic (exact) mass is 560 g/mol. The van der Waals surface area contributed by atoms with E-state index in [4.69, 9.17) is 4.74 Å². The predicted molar refractivity (Wildman–Crippen MR) is 155 cm³/mol. The molecule has 41 heavy (non-hydrogen) atoms. The summed E-state index contributed by atoms with van der Waals surface area (Å²) in [6.45, 7) is 11.4. The summed E-state index contributed by atoms with van der Waals surface area (Å²) in [5.74, 6) is 1.51. The van der Waals surface area contributed by atoms with Crippen LogP contribution in [-0.4, -0.2) is 72.4 Å². The number of aromatic nitrogens is 5. The second-order valence-corrected chi connectivity index (χ2v) is 12.1. The van der Waals surface area contributed by atoms with Crippen LogP contribution in [0.2, 0.25) is 0 Å². The van der Waals surface area contributed by atoms with Crippen LogP contribution < -0.4 is 5.32 Å². The summed E-state index contributed by atoms with van der Waals surface area (Å²) in [7, 11) is 0. The van der Waals surface area contributed by atoms with Gasteiger partial charge in [-0.05, 0) is 70.2 Å². The van der Waals surface area contributed by atoms with Gasteiger partial charge in [-0.3, -0.25) is 9.58 Å². The highest BCUT2D eigenvalue weighted by molar-refractivity contribution is 5.84. The Bertz CT molecular complexity index is 1550. The fourth-order valence-corrected chi connectivity index (χ4v) is 5.20. The minimum Gasteiger partial charge on any atom is -0.444 e. The summed E-state index contributed by atoms with van der Waals surface area (Å²) < 4.78 is 22.5. The van der Waals surface area contributed by atoms with E-state index in [-0.39, 0.29) is 18.0 Å². The van der Waals surface area contributed by atoms with Gasteiger partial charge in [0.05, 0.1) is 17.2 Å². The third-order valence-electron chi connectivity index (χ3n) is 7.68. The summed E-state index contributed by atoms with van der Waals surface area (Å²) in [6, 6.07) is 7.36. The quantitative estimate of drug-likeness (QED) is 0.298. The molecule has 1 saturated carbocycles. The lowest BCUT2D eigenvalue weighted by molar-refractivity contribution is 0.0110. The summed E-state index contributed by atoms with van der Waals surface area (Å²) in [5, 5.41) is 7.65. The van der Waals surface area contributed by atoms with E-state index < -0.39 is 5.60 Å². The van der Waals surface area contributed by atoms with Crippen molar-refractivity contribution in [3.8, 4) is 11.1 Å². The number of carbonyl (C=O) groups is 1. The van der Waals surface area contributed by atoms with Gasteiger partial charge >= 0.3 is 6.09 Å². The van der Waals surface area contributed by atoms with Crippen molar-refractivity contribution in [2.45, 2.75) is 58.7 Å². The smallest absolute Gasteiger partial charge is 0.410 e. The first-order valence-electron chi connectivity index (χ1n) is 14.3. The van der Waals surface area contributed by atoms with Gasteiger partial charge in [-0.2, -0.15) is 5.10 Å². The van der Waals surface area contributed by atoms with E-state index in [1.807, 2.05) is 43.8 Å². The average Bonchev–Trinajstić information content (AvgIpc) is 3.48. The Morgan fingerprint density at radius 3 is 2.71 bits per heavy atom. The molecular weight excluding hydrogens is 523 g/mol. The van der Waals surface area contributed by atoms with Gasteiger partial charge in [-0.15, -0.1) is 0 Å². The molecule has 1 atom stereocenters. The number of pyridine rings is 1. The topological polar surface area (TPSA) is 104 Å². The first-order valence-corrected chi connectivity index (χ1v) is 14.3. The lowest BCUT2D eigenvalue weighted by Crippen LogP contribution is -2.50. The van der Waals surface area contributed by atoms with Crippen molar-refractivity contribution in [1.82, 2.24) is 34.5 Å². The maximum atomic E-state index is 15.0. The van der Waals surface area contributed by atoms with Crippen LogP contribution in [0.25, 0.3) is 22.2 Å². The highest BCUT2D eigenvalue weighted by Gasteiger charge is 2.28. The fourth-order valence-electron chi connectivity index (χ4n) is 5.20. The lowest BCUT2D eigenvalue weighted by Gasteiger charge is -2.38. The van der Waals surface area contributed by atoms with E-state index in [0.717, 1.165) is 30.8 Å². The number of nitrogens with zero attached hydrogens (tertiary/aromatic N) is 6. The molecule has 1 aliphatic carbocycles. The number of rotatable bonds is 7. The van der Waals surface area contributed by atoms with Crippen LogP contribution >= 0.6 is 0 Å². The third-order valence-corrected chi connectivity index (χ3v) is 7.68. The second kappa shape index (κ2) is 10.8. The van der Waals surface area contributed by atoms with Crippen LogP contribution in [0.15, 0.2) is 42.9 Å². The number of anilines is 2. The lowest BCUT2D eigenvalue weighted by atomic mass is 10.1. The van der Waals surface area contributed by atoms with Crippen molar-refractivity contribution >= 4 is 28.9 Å². The zero-order valence-corrected chi connectivity index (χ0v) is 24.0. The fraction of sp³-hybridized carbons (Fsp3) is 0.467. The van der Waals surface area contributed by atoms with Gasteiger partial charge in [-0.1, -0.05) is 0 Å². The third kappa shape index (κ3) is 6.35. The summed E-state index contributed by atoms with van der Waals surface area (Å²) in [4.78, 5) is 28.8. The zero-order valence-electron chi connectivity index (χ0n) is 24.0. The molecule has 1 aromatic carbocycles. The molecule has 3 aromatic heterocycles. The molecule has 0 radical (unpaired) electrons. The number of piperazine rings is 1. The summed E-state index contributed by atoms with van der Waals surface area (Å²) in [6.07, 6.45) is 7.60. The Morgan fingerprint density at radius 1 is 1.20 bits per heavy atom. The minimum absolute atomic E-state index is 0.132. The molecule has 2 N–H and O–H groups in total. The Labute approximate surface area is 238 Å². The minimum atomic E-state index is -0.502. The van der Waals surface area contributed by atoms with E-state index in [0.29, 0.717) is 47.4 Å². The first kappa shape index (κ1) is 27.2. The van der Waals surface area contributed by atoms with Crippen LogP contribution in [0.1, 0.15) is 52.1 Å². The Morgan fingerprint density at radius 2 is 1.98 bits per heavy atom. The van der Waals surface area contributed by atoms with Crippen LogP contribution in [0.5, 0.6) is 0 Å². The van der Waals surface area contributed by atoms with E-state index in [1.54, 1.807) is 23.4 Å². The molecular formula is C30H37FN8O2. The molecule has 10 nitrogen and oxygen atoms in total. The molecule has 0 spiro atoms. The van der Waals surface area contributed by atoms with Crippen molar-refractivity contribution in [2.24, 2.45) is 5.92 Å². The van der Waals surface area contributed by atoms with E-state index in [2.05, 4.69) is 37.2 Å². The number of nitrogens with one attached hydrogen (secondary N) is 2. The molecule has 4 heterocycles. The molecule has 11 heteroatoms. The van der Waals surface area contributed by atoms with Crippen LogP contribution in [0.3, 0.4) is 0 Å². The Balaban J connectivity index is 1.12. The van der Waals surface area contributed by atoms with E-state index in [1.165, 1.54) is 18.9 Å². The number of imidazole rings is 1. The standard InChI is InChI=1S/C30H37FN8O2/c1-19(37-9-11-38(12-10-37)29(40)41-30(2,3)4)21-7-8-32-27(13-21)36-28-34-25-14-23(24(31)15-26(25)35-28)22-16-33-39(18-22)17-20-5-6-20/h7-8,13-16,18-20H,5-6,9-12,17H2,1-4H3,(H2,32,34,35,36). The van der Waals surface area contributed by atoms with Crippen LogP contribution in [-0.2, 0) is 11.3 Å². The maximum Gasteiger partial charge on any atom is 0.410 e. The summed E-state index contributed by atoms with van der Waals surface area (Å²) in [5.41, 5.74) is 3.09. The van der Waals surface area contributed by atoms with Crippen molar-refractivity contribution in [1.29, 1.82) is 0 Å². The summed E-state index contributed by atoms with van der Waals surface area (Å²) >= 11 is 0. The van der Waals surface area contributed by atoms with E-state index >= 15 is 4.39 Å². The first-order chi connectivity index (χ1) is 19.6. The number of benzene rings is 1. The van der Waals surface area contributed by atoms with Gasteiger partial charge < -0.3 is 19.9 Å². The average molecular weight is 561 g/mol. The number of aromatic amines is 1. The molecule has 1 unspecified atom stereocenters. The molecule has 1 amide bonds. The number of H-pyrrole nitrogens is 1. The maximum absolute atomic E-state index is 15.0. The number of fused-ring (bicyclic) bond motifs is 1. The number of hydrogen-bond acceptors (Lipinski definition) is 7. The van der Waals surface area contributed by atoms with Crippen molar-refractivity contribution in [3.63, 3.8) is 0 Å².